The molecule has 0 aliphatic carbocycles. The fourth-order valence-electron chi connectivity index (χ4n) is 4.35. The molecule has 0 saturated carbocycles. The van der Waals surface area contributed by atoms with Gasteiger partial charge in [-0.2, -0.15) is 0 Å². The second-order valence-corrected chi connectivity index (χ2v) is 9.24. The van der Waals surface area contributed by atoms with E-state index in [-0.39, 0.29) is 0 Å². The lowest BCUT2D eigenvalue weighted by Gasteiger charge is -2.04. The Morgan fingerprint density at radius 1 is 0.586 bits per heavy atom. The Balaban J connectivity index is 1.82. The molecule has 0 spiro atoms. The molecule has 0 unspecified atom stereocenters. The highest BCUT2D eigenvalue weighted by Gasteiger charge is 2.10. The van der Waals surface area contributed by atoms with Crippen molar-refractivity contribution in [2.45, 2.75) is 156 Å². The number of nitrogens with zero attached hydrogens (tertiary/aromatic N) is 2. The monoisotopic (exact) mass is 405 g/mol. The second kappa shape index (κ2) is 19.2. The van der Waals surface area contributed by atoms with Gasteiger partial charge in [-0.15, -0.1) is 0 Å². The highest BCUT2D eigenvalue weighted by molar-refractivity contribution is 4.79. The van der Waals surface area contributed by atoms with Gasteiger partial charge >= 0.3 is 0 Å². The molecule has 170 valence electrons. The number of hydrogen-bond donors (Lipinski definition) is 0. The van der Waals surface area contributed by atoms with E-state index < -0.39 is 0 Å². The van der Waals surface area contributed by atoms with Crippen molar-refractivity contribution in [2.75, 3.05) is 0 Å². The second-order valence-electron chi connectivity index (χ2n) is 9.24. The summed E-state index contributed by atoms with van der Waals surface area (Å²) in [5, 5.41) is 0. The molecule has 0 aliphatic heterocycles. The van der Waals surface area contributed by atoms with E-state index >= 15 is 0 Å². The summed E-state index contributed by atoms with van der Waals surface area (Å²) in [5.41, 5.74) is 0. The molecule has 1 rings (SSSR count). The average Bonchev–Trinajstić information content (AvgIpc) is 3.08. The van der Waals surface area contributed by atoms with Gasteiger partial charge in [-0.25, -0.2) is 9.13 Å². The van der Waals surface area contributed by atoms with Crippen molar-refractivity contribution in [1.29, 1.82) is 0 Å². The maximum atomic E-state index is 2.45. The van der Waals surface area contributed by atoms with Gasteiger partial charge in [-0.3, -0.25) is 0 Å². The van der Waals surface area contributed by atoms with Crippen LogP contribution in [0.4, 0.5) is 0 Å². The maximum absolute atomic E-state index is 2.45. The molecule has 0 N–H and O–H groups in total. The molecule has 0 saturated heterocycles. The molecule has 0 aromatic carbocycles. The Bertz CT molecular complexity index is 463. The van der Waals surface area contributed by atoms with Crippen LogP contribution in [0.3, 0.4) is 0 Å². The SMILES string of the molecule is CCCCCCCCCCCCCCCCCCC[n+]1ccn(CCCC)c1C. The summed E-state index contributed by atoms with van der Waals surface area (Å²) in [4.78, 5) is 0. The topological polar surface area (TPSA) is 8.81 Å². The third kappa shape index (κ3) is 13.9. The molecular weight excluding hydrogens is 352 g/mol. The fourth-order valence-corrected chi connectivity index (χ4v) is 4.35. The zero-order valence-corrected chi connectivity index (χ0v) is 20.4. The minimum Gasteiger partial charge on any atom is -0.234 e. The number of hydrogen-bond acceptors (Lipinski definition) is 0. The van der Waals surface area contributed by atoms with Crippen LogP contribution in [0.1, 0.15) is 142 Å². The molecular formula is C27H53N2+. The molecule has 29 heavy (non-hydrogen) atoms. The van der Waals surface area contributed by atoms with Crippen LogP contribution >= 0.6 is 0 Å². The largest absolute Gasteiger partial charge is 0.253 e. The maximum Gasteiger partial charge on any atom is 0.253 e. The quantitative estimate of drug-likeness (QED) is 0.143. The molecule has 0 fully saturated rings. The predicted octanol–water partition coefficient (Wildman–Crippen LogP) is 8.54. The summed E-state index contributed by atoms with van der Waals surface area (Å²) in [7, 11) is 0. The molecule has 0 radical (unpaired) electrons. The van der Waals surface area contributed by atoms with Gasteiger partial charge in [-0.05, 0) is 19.3 Å². The number of aromatic nitrogens is 2. The van der Waals surface area contributed by atoms with E-state index in [0.29, 0.717) is 0 Å². The molecule has 2 heteroatoms. The summed E-state index contributed by atoms with van der Waals surface area (Å²) in [6.07, 6.45) is 31.7. The third-order valence-corrected chi connectivity index (χ3v) is 6.51. The molecule has 0 amide bonds. The van der Waals surface area contributed by atoms with Gasteiger partial charge in [0.25, 0.3) is 5.82 Å². The van der Waals surface area contributed by atoms with Gasteiger partial charge in [-0.1, -0.05) is 117 Å². The summed E-state index contributed by atoms with van der Waals surface area (Å²) < 4.78 is 4.86. The van der Waals surface area contributed by atoms with Crippen LogP contribution in [0.25, 0.3) is 0 Å². The Morgan fingerprint density at radius 2 is 1.00 bits per heavy atom. The van der Waals surface area contributed by atoms with Crippen molar-refractivity contribution in [3.05, 3.63) is 18.2 Å². The first-order valence-corrected chi connectivity index (χ1v) is 13.3. The van der Waals surface area contributed by atoms with Crippen molar-refractivity contribution in [3.8, 4) is 0 Å². The van der Waals surface area contributed by atoms with E-state index in [9.17, 15) is 0 Å². The smallest absolute Gasteiger partial charge is 0.234 e. The van der Waals surface area contributed by atoms with Gasteiger partial charge in [0.05, 0.1) is 13.1 Å². The van der Waals surface area contributed by atoms with Crippen LogP contribution in [-0.4, -0.2) is 4.57 Å². The minimum absolute atomic E-state index is 1.17. The van der Waals surface area contributed by atoms with E-state index in [1.807, 2.05) is 0 Å². The third-order valence-electron chi connectivity index (χ3n) is 6.51. The Hall–Kier alpha value is -0.790. The van der Waals surface area contributed by atoms with E-state index in [1.54, 1.807) is 0 Å². The van der Waals surface area contributed by atoms with Crippen LogP contribution in [-0.2, 0) is 13.1 Å². The normalized spacial score (nSPS) is 11.4. The van der Waals surface area contributed by atoms with Gasteiger partial charge in [0, 0.05) is 6.92 Å². The van der Waals surface area contributed by atoms with E-state index in [0.717, 1.165) is 0 Å². The predicted molar refractivity (Wildman–Crippen MR) is 128 cm³/mol. The van der Waals surface area contributed by atoms with Gasteiger partial charge in [0.15, 0.2) is 0 Å². The minimum atomic E-state index is 1.17. The first-order chi connectivity index (χ1) is 14.3. The summed E-state index contributed by atoms with van der Waals surface area (Å²) in [6.45, 7) is 9.21. The zero-order chi connectivity index (χ0) is 21.0. The van der Waals surface area contributed by atoms with Gasteiger partial charge in [0.2, 0.25) is 0 Å². The average molecular weight is 406 g/mol. The van der Waals surface area contributed by atoms with Crippen LogP contribution in [0.2, 0.25) is 0 Å². The lowest BCUT2D eigenvalue weighted by molar-refractivity contribution is -0.702. The Labute approximate surface area is 183 Å². The van der Waals surface area contributed by atoms with Crippen molar-refractivity contribution >= 4 is 0 Å². The Kier molecular flexibility index (Phi) is 17.4. The summed E-state index contributed by atoms with van der Waals surface area (Å²) >= 11 is 0. The molecule has 1 aromatic heterocycles. The highest BCUT2D eigenvalue weighted by Crippen LogP contribution is 2.14. The zero-order valence-electron chi connectivity index (χ0n) is 20.4. The number of unbranched alkanes of at least 4 members (excludes halogenated alkanes) is 17. The van der Waals surface area contributed by atoms with E-state index in [4.69, 9.17) is 0 Å². The molecule has 0 aliphatic rings. The first-order valence-electron chi connectivity index (χ1n) is 13.3. The molecule has 0 bridgehead atoms. The van der Waals surface area contributed by atoms with Crippen molar-refractivity contribution in [2.24, 2.45) is 0 Å². The van der Waals surface area contributed by atoms with Crippen LogP contribution in [0.5, 0.6) is 0 Å². The molecule has 1 heterocycles. The number of aryl methyl sites for hydroxylation is 2. The van der Waals surface area contributed by atoms with Crippen molar-refractivity contribution in [1.82, 2.24) is 4.57 Å². The number of rotatable bonds is 21. The lowest BCUT2D eigenvalue weighted by atomic mass is 10.0. The van der Waals surface area contributed by atoms with E-state index in [1.165, 1.54) is 141 Å². The fraction of sp³-hybridized carbons (Fsp3) is 0.889. The lowest BCUT2D eigenvalue weighted by Crippen LogP contribution is -2.35. The van der Waals surface area contributed by atoms with Crippen molar-refractivity contribution in [3.63, 3.8) is 0 Å². The molecule has 1 aromatic rings. The van der Waals surface area contributed by atoms with E-state index in [2.05, 4.69) is 42.3 Å². The summed E-state index contributed by atoms with van der Waals surface area (Å²) in [5.74, 6) is 1.43. The standard InChI is InChI=1S/C27H53N2/c1-4-6-8-9-10-11-12-13-14-15-16-17-18-19-20-21-22-24-29-26-25-28(27(29)3)23-7-5-2/h25-26H,4-24H2,1-3H3/q+1. The summed E-state index contributed by atoms with van der Waals surface area (Å²) in [6, 6.07) is 0. The van der Waals surface area contributed by atoms with Crippen LogP contribution in [0.15, 0.2) is 12.4 Å². The van der Waals surface area contributed by atoms with Gasteiger partial charge in [0.1, 0.15) is 12.4 Å². The first kappa shape index (κ1) is 26.2. The highest BCUT2D eigenvalue weighted by atomic mass is 15.1. The molecule has 0 atom stereocenters. The Morgan fingerprint density at radius 3 is 1.45 bits per heavy atom. The van der Waals surface area contributed by atoms with Crippen LogP contribution in [0, 0.1) is 6.92 Å². The van der Waals surface area contributed by atoms with Crippen molar-refractivity contribution < 1.29 is 4.57 Å². The van der Waals surface area contributed by atoms with Crippen LogP contribution < -0.4 is 4.57 Å². The number of imidazole rings is 1. The van der Waals surface area contributed by atoms with Gasteiger partial charge < -0.3 is 0 Å². The molecule has 2 nitrogen and oxygen atoms in total.